The Kier molecular flexibility index (Phi) is 6.45. The summed E-state index contributed by atoms with van der Waals surface area (Å²) in [6.45, 7) is 0. The van der Waals surface area contributed by atoms with Gasteiger partial charge in [-0.2, -0.15) is 0 Å². The van der Waals surface area contributed by atoms with E-state index in [1.165, 1.54) is 0 Å². The van der Waals surface area contributed by atoms with E-state index in [1.54, 1.807) is 0 Å². The summed E-state index contributed by atoms with van der Waals surface area (Å²) in [4.78, 5) is 15.3. The van der Waals surface area contributed by atoms with Gasteiger partial charge in [0.05, 0.1) is 28.8 Å². The average molecular weight is 680 g/mol. The fourth-order valence-electron chi connectivity index (χ4n) is 7.90. The monoisotopic (exact) mass is 679 g/mol. The molecule has 6 heteroatoms. The molecule has 0 fully saturated rings. The average Bonchev–Trinajstić information content (AvgIpc) is 3.86. The summed E-state index contributed by atoms with van der Waals surface area (Å²) in [5.74, 6) is 1.45. The van der Waals surface area contributed by atoms with Crippen molar-refractivity contribution in [3.8, 4) is 45.3 Å². The van der Waals surface area contributed by atoms with Crippen LogP contribution in [-0.4, -0.2) is 23.8 Å². The zero-order valence-electron chi connectivity index (χ0n) is 28.4. The predicted molar refractivity (Wildman–Crippen MR) is 215 cm³/mol. The summed E-state index contributed by atoms with van der Waals surface area (Å²) in [7, 11) is 0. The molecule has 5 heterocycles. The lowest BCUT2D eigenvalue weighted by Crippen LogP contribution is -1.97. The van der Waals surface area contributed by atoms with Crippen LogP contribution in [0.15, 0.2) is 176 Å². The molecule has 0 saturated carbocycles. The first-order chi connectivity index (χ1) is 26.3. The molecule has 0 aliphatic carbocycles. The molecule has 0 amide bonds. The smallest absolute Gasteiger partial charge is 0.147 e. The summed E-state index contributed by atoms with van der Waals surface area (Å²) in [5.41, 5.74) is 9.88. The van der Waals surface area contributed by atoms with Crippen LogP contribution in [0.5, 0.6) is 11.5 Å². The molecular weight excluding hydrogens is 651 g/mol. The highest BCUT2D eigenvalue weighted by Gasteiger charge is 2.22. The molecule has 0 radical (unpaired) electrons. The topological polar surface area (TPSA) is 56.7 Å². The number of hydrogen-bond acceptors (Lipinski definition) is 4. The molecule has 11 rings (SSSR count). The lowest BCUT2D eigenvalue weighted by Gasteiger charge is -2.14. The van der Waals surface area contributed by atoms with E-state index in [0.29, 0.717) is 0 Å². The van der Waals surface area contributed by atoms with Gasteiger partial charge in [0.25, 0.3) is 0 Å². The van der Waals surface area contributed by atoms with Gasteiger partial charge in [0.2, 0.25) is 0 Å². The van der Waals surface area contributed by atoms with Gasteiger partial charge >= 0.3 is 0 Å². The Hall–Kier alpha value is -7.31. The highest BCUT2D eigenvalue weighted by atomic mass is 16.5. The molecule has 0 aliphatic heterocycles. The Morgan fingerprint density at radius 2 is 1.00 bits per heavy atom. The second kappa shape index (κ2) is 11.6. The number of imidazole rings is 2. The lowest BCUT2D eigenvalue weighted by atomic mass is 10.0. The summed E-state index contributed by atoms with van der Waals surface area (Å²) in [5, 5.41) is 6.41. The van der Waals surface area contributed by atoms with Crippen LogP contribution in [0.1, 0.15) is 0 Å². The standard InChI is InChI=1S/C47H29N5O/c1-4-13-30(14-5-1)42-29-49-46-39-27-33(22-24-35(39)37-19-10-11-21-41(37)51(42)46)53-34-23-25-36-38-20-12-26-48-45(38)52-44(32-17-8-3-9-18-32)43(31-15-6-2-7-16-31)50-47(52)40(36)28-34/h1-29H. The third-order valence-electron chi connectivity index (χ3n) is 10.2. The van der Waals surface area contributed by atoms with Crippen LogP contribution in [0, 0.1) is 0 Å². The van der Waals surface area contributed by atoms with Crippen molar-refractivity contribution in [2.75, 3.05) is 0 Å². The summed E-state index contributed by atoms with van der Waals surface area (Å²) >= 11 is 0. The minimum Gasteiger partial charge on any atom is -0.457 e. The van der Waals surface area contributed by atoms with Crippen LogP contribution in [0.2, 0.25) is 0 Å². The highest BCUT2D eigenvalue weighted by Crippen LogP contribution is 2.41. The number of aromatic nitrogens is 5. The SMILES string of the molecule is c1ccc(-c2nc3c4cc(Oc5ccc6c7ccccc7n7c(-c8ccccc8)cnc7c6c5)ccc4c4cccnc4n3c2-c2ccccc2)cc1. The maximum absolute atomic E-state index is 6.72. The molecule has 0 unspecified atom stereocenters. The van der Waals surface area contributed by atoms with E-state index in [1.807, 2.05) is 48.8 Å². The van der Waals surface area contributed by atoms with Crippen LogP contribution in [0.4, 0.5) is 0 Å². The van der Waals surface area contributed by atoms with Crippen LogP contribution in [-0.2, 0) is 0 Å². The van der Waals surface area contributed by atoms with Gasteiger partial charge in [0, 0.05) is 44.4 Å². The third kappa shape index (κ3) is 4.56. The molecule has 0 N–H and O–H groups in total. The first-order valence-corrected chi connectivity index (χ1v) is 17.7. The van der Waals surface area contributed by atoms with E-state index < -0.39 is 0 Å². The molecular formula is C47H29N5O. The first kappa shape index (κ1) is 29.4. The fraction of sp³-hybridized carbons (Fsp3) is 0. The van der Waals surface area contributed by atoms with Crippen LogP contribution >= 0.6 is 0 Å². The Morgan fingerprint density at radius 3 is 1.74 bits per heavy atom. The van der Waals surface area contributed by atoms with E-state index in [-0.39, 0.29) is 0 Å². The number of pyridine rings is 3. The van der Waals surface area contributed by atoms with E-state index >= 15 is 0 Å². The zero-order valence-corrected chi connectivity index (χ0v) is 28.4. The minimum absolute atomic E-state index is 0.720. The Bertz CT molecular complexity index is 3190. The van der Waals surface area contributed by atoms with Crippen molar-refractivity contribution < 1.29 is 4.74 Å². The minimum atomic E-state index is 0.720. The first-order valence-electron chi connectivity index (χ1n) is 17.7. The molecule has 0 bridgehead atoms. The lowest BCUT2D eigenvalue weighted by molar-refractivity contribution is 0.484. The van der Waals surface area contributed by atoms with Gasteiger partial charge in [-0.15, -0.1) is 0 Å². The number of para-hydroxylation sites is 1. The number of rotatable bonds is 5. The van der Waals surface area contributed by atoms with E-state index in [2.05, 4.69) is 136 Å². The molecule has 0 atom stereocenters. The number of fused-ring (bicyclic) bond motifs is 12. The summed E-state index contributed by atoms with van der Waals surface area (Å²) in [6, 6.07) is 56.5. The van der Waals surface area contributed by atoms with Crippen molar-refractivity contribution in [3.05, 3.63) is 176 Å². The second-order valence-corrected chi connectivity index (χ2v) is 13.3. The van der Waals surface area contributed by atoms with Crippen molar-refractivity contribution in [1.29, 1.82) is 0 Å². The molecule has 5 aromatic heterocycles. The van der Waals surface area contributed by atoms with Crippen molar-refractivity contribution in [2.24, 2.45) is 0 Å². The van der Waals surface area contributed by atoms with Crippen LogP contribution in [0.25, 0.3) is 88.5 Å². The van der Waals surface area contributed by atoms with Crippen molar-refractivity contribution in [1.82, 2.24) is 23.8 Å². The third-order valence-corrected chi connectivity index (χ3v) is 10.2. The maximum atomic E-state index is 6.72. The maximum Gasteiger partial charge on any atom is 0.147 e. The van der Waals surface area contributed by atoms with Crippen LogP contribution in [0.3, 0.4) is 0 Å². The predicted octanol–water partition coefficient (Wildman–Crippen LogP) is 11.8. The van der Waals surface area contributed by atoms with Crippen molar-refractivity contribution >= 4 is 54.8 Å². The van der Waals surface area contributed by atoms with Crippen molar-refractivity contribution in [2.45, 2.75) is 0 Å². The van der Waals surface area contributed by atoms with E-state index in [9.17, 15) is 0 Å². The number of nitrogens with zero attached hydrogens (tertiary/aromatic N) is 5. The summed E-state index contributed by atoms with van der Waals surface area (Å²) < 4.78 is 11.2. The molecule has 6 nitrogen and oxygen atoms in total. The van der Waals surface area contributed by atoms with Gasteiger partial charge < -0.3 is 4.74 Å². The molecule has 53 heavy (non-hydrogen) atoms. The van der Waals surface area contributed by atoms with E-state index in [4.69, 9.17) is 19.7 Å². The molecule has 0 saturated heterocycles. The molecule has 11 aromatic rings. The Balaban J connectivity index is 1.12. The van der Waals surface area contributed by atoms with Gasteiger partial charge in [-0.3, -0.25) is 8.80 Å². The zero-order chi connectivity index (χ0) is 34.9. The van der Waals surface area contributed by atoms with E-state index in [0.717, 1.165) is 100 Å². The van der Waals surface area contributed by atoms with Gasteiger partial charge in [-0.1, -0.05) is 109 Å². The van der Waals surface area contributed by atoms with Gasteiger partial charge in [0.15, 0.2) is 0 Å². The van der Waals surface area contributed by atoms with Gasteiger partial charge in [-0.05, 0) is 65.4 Å². The fourth-order valence-corrected chi connectivity index (χ4v) is 7.90. The van der Waals surface area contributed by atoms with Crippen LogP contribution < -0.4 is 4.74 Å². The Morgan fingerprint density at radius 1 is 0.415 bits per heavy atom. The number of hydrogen-bond donors (Lipinski definition) is 0. The summed E-state index contributed by atoms with van der Waals surface area (Å²) in [6.07, 6.45) is 3.82. The highest BCUT2D eigenvalue weighted by molar-refractivity contribution is 6.14. The Labute approximate surface area is 303 Å². The number of benzene rings is 6. The largest absolute Gasteiger partial charge is 0.457 e. The number of ether oxygens (including phenoxy) is 1. The van der Waals surface area contributed by atoms with Gasteiger partial charge in [-0.25, -0.2) is 15.0 Å². The van der Waals surface area contributed by atoms with Crippen molar-refractivity contribution in [3.63, 3.8) is 0 Å². The normalized spacial score (nSPS) is 11.8. The molecule has 0 spiro atoms. The quantitative estimate of drug-likeness (QED) is 0.170. The van der Waals surface area contributed by atoms with Gasteiger partial charge in [0.1, 0.15) is 28.4 Å². The molecule has 6 aromatic carbocycles. The molecule has 248 valence electrons. The molecule has 0 aliphatic rings. The second-order valence-electron chi connectivity index (χ2n) is 13.3.